The lowest BCUT2D eigenvalue weighted by atomic mass is 10.0. The van der Waals surface area contributed by atoms with E-state index in [0.29, 0.717) is 11.1 Å². The van der Waals surface area contributed by atoms with E-state index < -0.39 is 5.97 Å². The summed E-state index contributed by atoms with van der Waals surface area (Å²) in [6.07, 6.45) is 6.18. The van der Waals surface area contributed by atoms with E-state index in [0.717, 1.165) is 12.5 Å². The van der Waals surface area contributed by atoms with Gasteiger partial charge in [-0.1, -0.05) is 6.92 Å². The Kier molecular flexibility index (Phi) is 4.80. The Morgan fingerprint density at radius 1 is 1.42 bits per heavy atom. The number of amides is 1. The molecule has 1 amide bonds. The summed E-state index contributed by atoms with van der Waals surface area (Å²) in [6, 6.07) is 1.60. The fourth-order valence-corrected chi connectivity index (χ4v) is 1.31. The second-order valence-electron chi connectivity index (χ2n) is 4.87. The number of rotatable bonds is 5. The minimum atomic E-state index is -1.04. The average molecular weight is 262 g/mol. The summed E-state index contributed by atoms with van der Waals surface area (Å²) in [5, 5.41) is 11.4. The summed E-state index contributed by atoms with van der Waals surface area (Å²) in [6.45, 7) is 5.86. The van der Waals surface area contributed by atoms with Gasteiger partial charge in [0.05, 0.1) is 5.56 Å². The minimum absolute atomic E-state index is 0.218. The average Bonchev–Trinajstić information content (AvgIpc) is 2.36. The molecule has 0 saturated carbocycles. The molecule has 0 aliphatic carbocycles. The van der Waals surface area contributed by atoms with E-state index in [9.17, 15) is 9.59 Å². The van der Waals surface area contributed by atoms with E-state index in [1.54, 1.807) is 6.07 Å². The maximum atomic E-state index is 12.0. The van der Waals surface area contributed by atoms with Crippen LogP contribution in [0, 0.1) is 0 Å². The number of carbonyl (C=O) groups excluding carboxylic acids is 1. The third-order valence-corrected chi connectivity index (χ3v) is 2.78. The monoisotopic (exact) mass is 262 g/mol. The van der Waals surface area contributed by atoms with Crippen molar-refractivity contribution in [2.45, 2.75) is 32.7 Å². The first-order valence-corrected chi connectivity index (χ1v) is 6.02. The van der Waals surface area contributed by atoms with Crippen LogP contribution in [0.3, 0.4) is 0 Å². The van der Waals surface area contributed by atoms with Gasteiger partial charge >= 0.3 is 5.97 Å². The van der Waals surface area contributed by atoms with Crippen molar-refractivity contribution < 1.29 is 14.7 Å². The smallest absolute Gasteiger partial charge is 0.328 e. The number of carboxylic acid groups (broad SMARTS) is 1. The van der Waals surface area contributed by atoms with Crippen molar-refractivity contribution in [3.05, 3.63) is 35.7 Å². The molecular formula is C14H18N2O3. The molecule has 0 radical (unpaired) electrons. The van der Waals surface area contributed by atoms with E-state index in [2.05, 4.69) is 10.3 Å². The molecule has 0 unspecified atom stereocenters. The molecule has 1 aromatic rings. The molecule has 19 heavy (non-hydrogen) atoms. The number of carbonyl (C=O) groups is 2. The third kappa shape index (κ3) is 4.91. The van der Waals surface area contributed by atoms with Gasteiger partial charge in [-0.05, 0) is 38.0 Å². The van der Waals surface area contributed by atoms with E-state index in [4.69, 9.17) is 5.11 Å². The highest BCUT2D eigenvalue weighted by Crippen LogP contribution is 2.10. The maximum absolute atomic E-state index is 12.0. The standard InChI is InChI=1S/C14H18N2O3/c1-4-14(2,3)16-13(19)11-7-10(8-15-9-11)5-6-12(17)18/h5-9H,4H2,1-3H3,(H,16,19)(H,17,18). The van der Waals surface area contributed by atoms with Crippen molar-refractivity contribution in [2.24, 2.45) is 0 Å². The molecule has 0 atom stereocenters. The first kappa shape index (κ1) is 14.9. The molecule has 0 aromatic carbocycles. The largest absolute Gasteiger partial charge is 0.478 e. The van der Waals surface area contributed by atoms with Gasteiger partial charge in [0.1, 0.15) is 0 Å². The Hall–Kier alpha value is -2.17. The van der Waals surface area contributed by atoms with Crippen LogP contribution in [0.1, 0.15) is 43.1 Å². The summed E-state index contributed by atoms with van der Waals surface area (Å²) >= 11 is 0. The van der Waals surface area contributed by atoms with Crippen molar-refractivity contribution >= 4 is 18.0 Å². The fraction of sp³-hybridized carbons (Fsp3) is 0.357. The lowest BCUT2D eigenvalue weighted by Crippen LogP contribution is -2.42. The van der Waals surface area contributed by atoms with Crippen LogP contribution in [0.5, 0.6) is 0 Å². The Morgan fingerprint density at radius 3 is 2.68 bits per heavy atom. The van der Waals surface area contributed by atoms with E-state index >= 15 is 0 Å². The van der Waals surface area contributed by atoms with Gasteiger partial charge in [-0.25, -0.2) is 4.79 Å². The zero-order valence-corrected chi connectivity index (χ0v) is 11.3. The Morgan fingerprint density at radius 2 is 2.11 bits per heavy atom. The number of hydrogen-bond acceptors (Lipinski definition) is 3. The number of pyridine rings is 1. The lowest BCUT2D eigenvalue weighted by Gasteiger charge is -2.24. The van der Waals surface area contributed by atoms with Crippen molar-refractivity contribution in [1.82, 2.24) is 10.3 Å². The number of nitrogens with zero attached hydrogens (tertiary/aromatic N) is 1. The van der Waals surface area contributed by atoms with Gasteiger partial charge in [0, 0.05) is 24.0 Å². The number of aliphatic carboxylic acids is 1. The number of nitrogens with one attached hydrogen (secondary N) is 1. The highest BCUT2D eigenvalue weighted by atomic mass is 16.4. The van der Waals surface area contributed by atoms with Crippen LogP contribution in [0.4, 0.5) is 0 Å². The molecular weight excluding hydrogens is 244 g/mol. The summed E-state index contributed by atoms with van der Waals surface area (Å²) in [5.41, 5.74) is 0.697. The Bertz CT molecular complexity index is 507. The zero-order valence-electron chi connectivity index (χ0n) is 11.3. The summed E-state index contributed by atoms with van der Waals surface area (Å²) in [4.78, 5) is 26.4. The highest BCUT2D eigenvalue weighted by Gasteiger charge is 2.18. The van der Waals surface area contributed by atoms with Crippen LogP contribution in [-0.2, 0) is 4.79 Å². The van der Waals surface area contributed by atoms with Crippen LogP contribution in [0.15, 0.2) is 24.5 Å². The molecule has 0 fully saturated rings. The summed E-state index contributed by atoms with van der Waals surface area (Å²) < 4.78 is 0. The molecule has 1 aromatic heterocycles. The Labute approximate surface area is 112 Å². The first-order valence-electron chi connectivity index (χ1n) is 6.02. The quantitative estimate of drug-likeness (QED) is 0.796. The van der Waals surface area contributed by atoms with E-state index in [1.165, 1.54) is 18.5 Å². The molecule has 0 saturated heterocycles. The number of hydrogen-bond donors (Lipinski definition) is 2. The van der Waals surface area contributed by atoms with Crippen molar-refractivity contribution in [3.63, 3.8) is 0 Å². The molecule has 0 bridgehead atoms. The van der Waals surface area contributed by atoms with Gasteiger partial charge in [-0.3, -0.25) is 9.78 Å². The van der Waals surface area contributed by atoms with Crippen LogP contribution < -0.4 is 5.32 Å². The van der Waals surface area contributed by atoms with Gasteiger partial charge in [-0.2, -0.15) is 0 Å². The second-order valence-corrected chi connectivity index (χ2v) is 4.87. The normalized spacial score (nSPS) is 11.5. The third-order valence-electron chi connectivity index (χ3n) is 2.78. The number of carboxylic acids is 1. The minimum Gasteiger partial charge on any atom is -0.478 e. The second kappa shape index (κ2) is 6.13. The van der Waals surface area contributed by atoms with Crippen molar-refractivity contribution in [2.75, 3.05) is 0 Å². The predicted molar refractivity (Wildman–Crippen MR) is 72.7 cm³/mol. The molecule has 1 rings (SSSR count). The maximum Gasteiger partial charge on any atom is 0.328 e. The van der Waals surface area contributed by atoms with Crippen molar-refractivity contribution in [3.8, 4) is 0 Å². The molecule has 1 heterocycles. The molecule has 2 N–H and O–H groups in total. The molecule has 102 valence electrons. The van der Waals surface area contributed by atoms with Crippen LogP contribution in [0.2, 0.25) is 0 Å². The zero-order chi connectivity index (χ0) is 14.5. The Balaban J connectivity index is 2.87. The summed E-state index contributed by atoms with van der Waals surface area (Å²) in [7, 11) is 0. The highest BCUT2D eigenvalue weighted by molar-refractivity contribution is 5.95. The SMILES string of the molecule is CCC(C)(C)NC(=O)c1cncc(C=CC(=O)O)c1. The topological polar surface area (TPSA) is 79.3 Å². The van der Waals surface area contributed by atoms with Gasteiger partial charge < -0.3 is 10.4 Å². The van der Waals surface area contributed by atoms with Gasteiger partial charge in [0.25, 0.3) is 5.91 Å². The molecule has 5 nitrogen and oxygen atoms in total. The molecule has 0 aliphatic heterocycles. The first-order chi connectivity index (χ1) is 8.84. The number of aromatic nitrogens is 1. The van der Waals surface area contributed by atoms with E-state index in [1.807, 2.05) is 20.8 Å². The fourth-order valence-electron chi connectivity index (χ4n) is 1.31. The summed E-state index contributed by atoms with van der Waals surface area (Å²) in [5.74, 6) is -1.26. The van der Waals surface area contributed by atoms with Gasteiger partial charge in [-0.15, -0.1) is 0 Å². The van der Waals surface area contributed by atoms with Crippen molar-refractivity contribution in [1.29, 1.82) is 0 Å². The van der Waals surface area contributed by atoms with Crippen LogP contribution in [-0.4, -0.2) is 27.5 Å². The predicted octanol–water partition coefficient (Wildman–Crippen LogP) is 2.10. The molecule has 0 aliphatic rings. The van der Waals surface area contributed by atoms with Gasteiger partial charge in [0.2, 0.25) is 0 Å². The molecule has 5 heteroatoms. The van der Waals surface area contributed by atoms with Crippen LogP contribution >= 0.6 is 0 Å². The molecule has 0 spiro atoms. The van der Waals surface area contributed by atoms with Crippen LogP contribution in [0.25, 0.3) is 6.08 Å². The van der Waals surface area contributed by atoms with Gasteiger partial charge in [0.15, 0.2) is 0 Å². The van der Waals surface area contributed by atoms with E-state index in [-0.39, 0.29) is 11.4 Å². The lowest BCUT2D eigenvalue weighted by molar-refractivity contribution is -0.131.